The van der Waals surface area contributed by atoms with Gasteiger partial charge in [0.25, 0.3) is 5.91 Å². The summed E-state index contributed by atoms with van der Waals surface area (Å²) in [5, 5.41) is 2.96. The van der Waals surface area contributed by atoms with E-state index in [4.69, 9.17) is 9.47 Å². The average molecular weight is 402 g/mol. The minimum Gasteiger partial charge on any atom is -0.497 e. The summed E-state index contributed by atoms with van der Waals surface area (Å²) in [5.74, 6) is 0.993. The topological polar surface area (TPSA) is 67.9 Å². The van der Waals surface area contributed by atoms with Crippen molar-refractivity contribution < 1.29 is 19.1 Å². The Morgan fingerprint density at radius 1 is 0.867 bits per heavy atom. The number of β-lactam (4-membered cyclic amide) rings is 1. The maximum atomic E-state index is 13.6. The molecule has 0 radical (unpaired) electrons. The van der Waals surface area contributed by atoms with E-state index >= 15 is 0 Å². The van der Waals surface area contributed by atoms with Crippen molar-refractivity contribution in [3.63, 3.8) is 0 Å². The van der Waals surface area contributed by atoms with Crippen LogP contribution in [0.1, 0.15) is 12.0 Å². The molecule has 3 aromatic rings. The predicted molar refractivity (Wildman–Crippen MR) is 115 cm³/mol. The standard InChI is InChI=1S/C24H22N2O4/c1-29-20-12-8-18(9-13-20)25-23(28)24(17-6-4-3-5-7-17)16-22(27)26(24)19-10-14-21(30-2)15-11-19/h3-15H,16H2,1-2H3,(H,25,28). The Bertz CT molecular complexity index is 1050. The van der Waals surface area contributed by atoms with Gasteiger partial charge in [0.15, 0.2) is 5.54 Å². The zero-order chi connectivity index (χ0) is 21.1. The first-order valence-corrected chi connectivity index (χ1v) is 9.56. The van der Waals surface area contributed by atoms with Gasteiger partial charge in [-0.15, -0.1) is 0 Å². The zero-order valence-electron chi connectivity index (χ0n) is 16.8. The Hall–Kier alpha value is -3.80. The fraction of sp³-hybridized carbons (Fsp3) is 0.167. The molecule has 1 aliphatic rings. The SMILES string of the molecule is COc1ccc(NC(=O)C2(c3ccccc3)CC(=O)N2c2ccc(OC)cc2)cc1. The predicted octanol–water partition coefficient (Wildman–Crippen LogP) is 3.97. The van der Waals surface area contributed by atoms with Crippen LogP contribution in [-0.4, -0.2) is 26.0 Å². The summed E-state index contributed by atoms with van der Waals surface area (Å²) >= 11 is 0. The van der Waals surface area contributed by atoms with Crippen LogP contribution in [0.2, 0.25) is 0 Å². The summed E-state index contributed by atoms with van der Waals surface area (Å²) in [5.41, 5.74) is 0.893. The van der Waals surface area contributed by atoms with Gasteiger partial charge in [0.1, 0.15) is 11.5 Å². The van der Waals surface area contributed by atoms with Crippen molar-refractivity contribution in [3.8, 4) is 11.5 Å². The third-order valence-corrected chi connectivity index (χ3v) is 5.34. The monoisotopic (exact) mass is 402 g/mol. The molecule has 0 bridgehead atoms. The van der Waals surface area contributed by atoms with Gasteiger partial charge in [-0.1, -0.05) is 30.3 Å². The first-order valence-electron chi connectivity index (χ1n) is 9.56. The van der Waals surface area contributed by atoms with Gasteiger partial charge in [-0.25, -0.2) is 0 Å². The summed E-state index contributed by atoms with van der Waals surface area (Å²) in [7, 11) is 3.17. The van der Waals surface area contributed by atoms with E-state index in [0.717, 1.165) is 5.56 Å². The van der Waals surface area contributed by atoms with Crippen LogP contribution in [0.4, 0.5) is 11.4 Å². The molecule has 0 aromatic heterocycles. The molecule has 2 amide bonds. The van der Waals surface area contributed by atoms with Crippen molar-refractivity contribution in [2.24, 2.45) is 0 Å². The summed E-state index contributed by atoms with van der Waals surface area (Å²) in [4.78, 5) is 27.8. The molecule has 4 rings (SSSR count). The molecule has 1 N–H and O–H groups in total. The molecule has 1 atom stereocenters. The van der Waals surface area contributed by atoms with E-state index in [9.17, 15) is 9.59 Å². The van der Waals surface area contributed by atoms with Gasteiger partial charge in [-0.3, -0.25) is 14.5 Å². The molecule has 1 saturated heterocycles. The summed E-state index contributed by atoms with van der Waals surface area (Å²) in [6.45, 7) is 0. The lowest BCUT2D eigenvalue weighted by molar-refractivity contribution is -0.137. The van der Waals surface area contributed by atoms with Gasteiger partial charge < -0.3 is 14.8 Å². The number of benzene rings is 3. The minimum absolute atomic E-state index is 0.0883. The second-order valence-corrected chi connectivity index (χ2v) is 7.01. The lowest BCUT2D eigenvalue weighted by Gasteiger charge is -2.50. The van der Waals surface area contributed by atoms with Crippen LogP contribution in [0, 0.1) is 0 Å². The molecular formula is C24H22N2O4. The molecule has 3 aromatic carbocycles. The number of rotatable bonds is 6. The molecule has 6 heteroatoms. The van der Waals surface area contributed by atoms with Gasteiger partial charge in [0, 0.05) is 11.4 Å². The van der Waals surface area contributed by atoms with Gasteiger partial charge in [0.2, 0.25) is 5.91 Å². The van der Waals surface area contributed by atoms with Crippen LogP contribution in [0.25, 0.3) is 0 Å². The average Bonchev–Trinajstić information content (AvgIpc) is 2.78. The fourth-order valence-electron chi connectivity index (χ4n) is 3.76. The molecule has 0 aliphatic carbocycles. The van der Waals surface area contributed by atoms with Crippen LogP contribution < -0.4 is 19.7 Å². The van der Waals surface area contributed by atoms with Gasteiger partial charge in [0.05, 0.1) is 20.6 Å². The highest BCUT2D eigenvalue weighted by molar-refractivity contribution is 6.17. The van der Waals surface area contributed by atoms with E-state index in [1.807, 2.05) is 30.3 Å². The van der Waals surface area contributed by atoms with Crippen molar-refractivity contribution in [1.82, 2.24) is 0 Å². The number of amides is 2. The molecule has 1 fully saturated rings. The number of hydrogen-bond acceptors (Lipinski definition) is 4. The molecule has 1 unspecified atom stereocenters. The van der Waals surface area contributed by atoms with E-state index < -0.39 is 5.54 Å². The van der Waals surface area contributed by atoms with Gasteiger partial charge in [-0.05, 0) is 54.1 Å². The van der Waals surface area contributed by atoms with Crippen molar-refractivity contribution in [3.05, 3.63) is 84.4 Å². The lowest BCUT2D eigenvalue weighted by Crippen LogP contribution is -2.67. The number of nitrogens with zero attached hydrogens (tertiary/aromatic N) is 1. The van der Waals surface area contributed by atoms with Crippen LogP contribution in [0.3, 0.4) is 0 Å². The lowest BCUT2D eigenvalue weighted by atomic mass is 9.76. The Labute approximate surface area is 175 Å². The van der Waals surface area contributed by atoms with Crippen molar-refractivity contribution in [1.29, 1.82) is 0 Å². The summed E-state index contributed by atoms with van der Waals surface area (Å²) < 4.78 is 10.4. The second-order valence-electron chi connectivity index (χ2n) is 7.01. The molecule has 1 heterocycles. The first-order chi connectivity index (χ1) is 14.6. The van der Waals surface area contributed by atoms with Crippen molar-refractivity contribution in [2.75, 3.05) is 24.4 Å². The third kappa shape index (κ3) is 3.26. The largest absolute Gasteiger partial charge is 0.497 e. The number of hydrogen-bond donors (Lipinski definition) is 1. The van der Waals surface area contributed by atoms with Crippen molar-refractivity contribution >= 4 is 23.2 Å². The smallest absolute Gasteiger partial charge is 0.255 e. The number of carbonyl (C=O) groups is 2. The maximum absolute atomic E-state index is 13.6. The van der Waals surface area contributed by atoms with E-state index in [0.29, 0.717) is 22.9 Å². The van der Waals surface area contributed by atoms with Crippen LogP contribution in [0.15, 0.2) is 78.9 Å². The number of nitrogens with one attached hydrogen (secondary N) is 1. The quantitative estimate of drug-likeness (QED) is 0.634. The normalized spacial score (nSPS) is 17.8. The fourth-order valence-corrected chi connectivity index (χ4v) is 3.76. The Morgan fingerprint density at radius 3 is 1.97 bits per heavy atom. The van der Waals surface area contributed by atoms with E-state index in [1.54, 1.807) is 67.7 Å². The number of carbonyl (C=O) groups excluding carboxylic acids is 2. The molecule has 1 aliphatic heterocycles. The summed E-state index contributed by atoms with van der Waals surface area (Å²) in [6.07, 6.45) is 0.0883. The number of methoxy groups -OCH3 is 2. The molecular weight excluding hydrogens is 380 g/mol. The Morgan fingerprint density at radius 2 is 1.43 bits per heavy atom. The van der Waals surface area contributed by atoms with Crippen molar-refractivity contribution in [2.45, 2.75) is 12.0 Å². The van der Waals surface area contributed by atoms with E-state index in [2.05, 4.69) is 5.32 Å². The number of ether oxygens (including phenoxy) is 2. The van der Waals surface area contributed by atoms with Crippen LogP contribution in [0.5, 0.6) is 11.5 Å². The molecule has 0 saturated carbocycles. The first kappa shape index (κ1) is 19.5. The zero-order valence-corrected chi connectivity index (χ0v) is 16.8. The highest BCUT2D eigenvalue weighted by atomic mass is 16.5. The van der Waals surface area contributed by atoms with Crippen LogP contribution >= 0.6 is 0 Å². The summed E-state index contributed by atoms with van der Waals surface area (Å²) in [6, 6.07) is 23.6. The van der Waals surface area contributed by atoms with Gasteiger partial charge in [-0.2, -0.15) is 0 Å². The highest BCUT2D eigenvalue weighted by Gasteiger charge is 2.58. The molecule has 0 spiro atoms. The van der Waals surface area contributed by atoms with E-state index in [-0.39, 0.29) is 18.2 Å². The third-order valence-electron chi connectivity index (χ3n) is 5.34. The molecule has 30 heavy (non-hydrogen) atoms. The molecule has 6 nitrogen and oxygen atoms in total. The van der Waals surface area contributed by atoms with Crippen LogP contribution in [-0.2, 0) is 15.1 Å². The second kappa shape index (κ2) is 7.91. The van der Waals surface area contributed by atoms with E-state index in [1.165, 1.54) is 0 Å². The Kier molecular flexibility index (Phi) is 5.14. The van der Waals surface area contributed by atoms with Gasteiger partial charge >= 0.3 is 0 Å². The maximum Gasteiger partial charge on any atom is 0.255 e. The highest BCUT2D eigenvalue weighted by Crippen LogP contribution is 2.46. The number of anilines is 2. The molecule has 152 valence electrons. The minimum atomic E-state index is -1.13. The Balaban J connectivity index is 1.73.